The Morgan fingerprint density at radius 1 is 1.35 bits per heavy atom. The lowest BCUT2D eigenvalue weighted by atomic mass is 9.97. The third-order valence-corrected chi connectivity index (χ3v) is 4.35. The molecule has 1 aliphatic heterocycles. The monoisotopic (exact) mass is 341 g/mol. The number of methoxy groups -OCH3 is 1. The van der Waals surface area contributed by atoms with Crippen LogP contribution in [-0.4, -0.2) is 25.8 Å². The number of halogens is 1. The van der Waals surface area contributed by atoms with Crippen LogP contribution in [0, 0.1) is 0 Å². The number of rotatable bonds is 5. The lowest BCUT2D eigenvalue weighted by molar-refractivity contribution is 0.226. The fraction of sp³-hybridized carbons (Fsp3) is 0.625. The van der Waals surface area contributed by atoms with E-state index in [2.05, 4.69) is 21.2 Å². The zero-order valence-corrected chi connectivity index (χ0v) is 14.1. The van der Waals surface area contributed by atoms with Crippen LogP contribution in [0.15, 0.2) is 16.6 Å². The Morgan fingerprint density at radius 3 is 2.75 bits per heavy atom. The highest BCUT2D eigenvalue weighted by molar-refractivity contribution is 9.10. The van der Waals surface area contributed by atoms with Gasteiger partial charge in [0.1, 0.15) is 0 Å². The number of hydrogen-bond acceptors (Lipinski definition) is 3. The molecule has 1 fully saturated rings. The molecule has 1 aromatic rings. The van der Waals surface area contributed by atoms with Crippen molar-refractivity contribution in [2.45, 2.75) is 51.7 Å². The first kappa shape index (κ1) is 15.6. The standard InChI is InChI=1S/C16H24BrNO2/c1-11(2)20-16-13(10-12-6-4-5-9-18-12)14(17)7-8-15(16)19-3/h7-8,11-12,18H,4-6,9-10H2,1-3H3. The molecule has 1 heterocycles. The summed E-state index contributed by atoms with van der Waals surface area (Å²) in [6.07, 6.45) is 4.92. The molecule has 2 rings (SSSR count). The molecule has 3 nitrogen and oxygen atoms in total. The molecule has 4 heteroatoms. The van der Waals surface area contributed by atoms with Crippen molar-refractivity contribution in [2.75, 3.05) is 13.7 Å². The van der Waals surface area contributed by atoms with E-state index >= 15 is 0 Å². The summed E-state index contributed by atoms with van der Waals surface area (Å²) in [6, 6.07) is 4.53. The number of benzene rings is 1. The minimum atomic E-state index is 0.135. The summed E-state index contributed by atoms with van der Waals surface area (Å²) in [5.74, 6) is 1.69. The van der Waals surface area contributed by atoms with Crippen LogP contribution in [0.3, 0.4) is 0 Å². The van der Waals surface area contributed by atoms with E-state index in [9.17, 15) is 0 Å². The Hall–Kier alpha value is -0.740. The zero-order chi connectivity index (χ0) is 14.5. The zero-order valence-electron chi connectivity index (χ0n) is 12.5. The molecule has 1 unspecified atom stereocenters. The Kier molecular flexibility index (Phi) is 5.73. The molecule has 20 heavy (non-hydrogen) atoms. The van der Waals surface area contributed by atoms with Gasteiger partial charge in [-0.15, -0.1) is 0 Å². The van der Waals surface area contributed by atoms with E-state index in [1.807, 2.05) is 26.0 Å². The van der Waals surface area contributed by atoms with Gasteiger partial charge in [-0.25, -0.2) is 0 Å². The average Bonchev–Trinajstić information content (AvgIpc) is 2.44. The second-order valence-corrected chi connectivity index (χ2v) is 6.43. The van der Waals surface area contributed by atoms with E-state index in [0.29, 0.717) is 6.04 Å². The molecular formula is C16H24BrNO2. The largest absolute Gasteiger partial charge is 0.493 e. The van der Waals surface area contributed by atoms with Crippen molar-refractivity contribution in [1.82, 2.24) is 5.32 Å². The molecule has 0 aliphatic carbocycles. The quantitative estimate of drug-likeness (QED) is 0.880. The molecule has 1 aliphatic rings. The highest BCUT2D eigenvalue weighted by Gasteiger charge is 2.20. The number of nitrogens with one attached hydrogen (secondary N) is 1. The Morgan fingerprint density at radius 2 is 2.15 bits per heavy atom. The van der Waals surface area contributed by atoms with Crippen LogP contribution in [0.2, 0.25) is 0 Å². The summed E-state index contributed by atoms with van der Waals surface area (Å²) in [6.45, 7) is 5.21. The molecule has 1 saturated heterocycles. The van der Waals surface area contributed by atoms with Crippen molar-refractivity contribution in [1.29, 1.82) is 0 Å². The maximum atomic E-state index is 6.01. The predicted molar refractivity (Wildman–Crippen MR) is 85.8 cm³/mol. The number of hydrogen-bond donors (Lipinski definition) is 1. The van der Waals surface area contributed by atoms with Crippen molar-refractivity contribution in [3.05, 3.63) is 22.2 Å². The lowest BCUT2D eigenvalue weighted by Gasteiger charge is -2.26. The van der Waals surface area contributed by atoms with Crippen LogP contribution in [0.4, 0.5) is 0 Å². The van der Waals surface area contributed by atoms with E-state index in [4.69, 9.17) is 9.47 Å². The molecule has 0 bridgehead atoms. The molecule has 0 spiro atoms. The molecule has 1 aromatic carbocycles. The van der Waals surface area contributed by atoms with Crippen LogP contribution < -0.4 is 14.8 Å². The first-order chi connectivity index (χ1) is 9.61. The number of ether oxygens (including phenoxy) is 2. The van der Waals surface area contributed by atoms with Crippen LogP contribution in [0.1, 0.15) is 38.7 Å². The maximum Gasteiger partial charge on any atom is 0.165 e. The summed E-state index contributed by atoms with van der Waals surface area (Å²) >= 11 is 3.66. The Labute approximate surface area is 130 Å². The van der Waals surface area contributed by atoms with Crippen LogP contribution in [0.5, 0.6) is 11.5 Å². The van der Waals surface area contributed by atoms with E-state index in [1.54, 1.807) is 7.11 Å². The molecular weight excluding hydrogens is 318 g/mol. The summed E-state index contributed by atoms with van der Waals surface area (Å²) in [5.41, 5.74) is 1.21. The van der Waals surface area contributed by atoms with E-state index in [0.717, 1.165) is 28.9 Å². The molecule has 1 N–H and O–H groups in total. The van der Waals surface area contributed by atoms with Gasteiger partial charge in [-0.2, -0.15) is 0 Å². The number of piperidine rings is 1. The summed E-state index contributed by atoms with van der Waals surface area (Å²) in [4.78, 5) is 0. The van der Waals surface area contributed by atoms with Crippen molar-refractivity contribution >= 4 is 15.9 Å². The van der Waals surface area contributed by atoms with Crippen LogP contribution >= 0.6 is 15.9 Å². The second kappa shape index (κ2) is 7.32. The van der Waals surface area contributed by atoms with Gasteiger partial charge in [0.05, 0.1) is 13.2 Å². The molecule has 0 aromatic heterocycles. The van der Waals surface area contributed by atoms with Gasteiger partial charge in [-0.1, -0.05) is 22.4 Å². The van der Waals surface area contributed by atoms with Crippen LogP contribution in [0.25, 0.3) is 0 Å². The molecule has 0 radical (unpaired) electrons. The third-order valence-electron chi connectivity index (χ3n) is 3.60. The first-order valence-electron chi connectivity index (χ1n) is 7.37. The third kappa shape index (κ3) is 3.89. The highest BCUT2D eigenvalue weighted by Crippen LogP contribution is 2.38. The Balaban J connectivity index is 2.27. The average molecular weight is 342 g/mol. The molecule has 0 amide bonds. The summed E-state index contributed by atoms with van der Waals surface area (Å²) in [7, 11) is 1.69. The summed E-state index contributed by atoms with van der Waals surface area (Å²) in [5, 5.41) is 3.60. The van der Waals surface area contributed by atoms with Crippen LogP contribution in [-0.2, 0) is 6.42 Å². The predicted octanol–water partition coefficient (Wildman–Crippen LogP) is 3.93. The van der Waals surface area contributed by atoms with Gasteiger partial charge in [-0.3, -0.25) is 0 Å². The van der Waals surface area contributed by atoms with Gasteiger partial charge in [0, 0.05) is 16.1 Å². The van der Waals surface area contributed by atoms with E-state index in [1.165, 1.54) is 24.8 Å². The van der Waals surface area contributed by atoms with Gasteiger partial charge in [0.2, 0.25) is 0 Å². The fourth-order valence-corrected chi connectivity index (χ4v) is 3.12. The topological polar surface area (TPSA) is 30.5 Å². The normalized spacial score (nSPS) is 19.1. The maximum absolute atomic E-state index is 6.01. The van der Waals surface area contributed by atoms with Gasteiger partial charge in [0.25, 0.3) is 0 Å². The smallest absolute Gasteiger partial charge is 0.165 e. The molecule has 1 atom stereocenters. The van der Waals surface area contributed by atoms with Crippen molar-refractivity contribution < 1.29 is 9.47 Å². The van der Waals surface area contributed by atoms with E-state index < -0.39 is 0 Å². The first-order valence-corrected chi connectivity index (χ1v) is 8.16. The van der Waals surface area contributed by atoms with Gasteiger partial charge >= 0.3 is 0 Å². The lowest BCUT2D eigenvalue weighted by Crippen LogP contribution is -2.35. The van der Waals surface area contributed by atoms with Crippen molar-refractivity contribution in [2.24, 2.45) is 0 Å². The second-order valence-electron chi connectivity index (χ2n) is 5.57. The van der Waals surface area contributed by atoms with Gasteiger partial charge < -0.3 is 14.8 Å². The SMILES string of the molecule is COc1ccc(Br)c(CC2CCCCN2)c1OC(C)C. The fourth-order valence-electron chi connectivity index (χ4n) is 2.64. The minimum absolute atomic E-state index is 0.135. The van der Waals surface area contributed by atoms with Gasteiger partial charge in [-0.05, 0) is 51.8 Å². The van der Waals surface area contributed by atoms with Crippen molar-refractivity contribution in [3.63, 3.8) is 0 Å². The van der Waals surface area contributed by atoms with Crippen molar-refractivity contribution in [3.8, 4) is 11.5 Å². The summed E-state index contributed by atoms with van der Waals surface area (Å²) < 4.78 is 12.6. The minimum Gasteiger partial charge on any atom is -0.493 e. The van der Waals surface area contributed by atoms with E-state index in [-0.39, 0.29) is 6.10 Å². The molecule has 0 saturated carbocycles. The highest BCUT2D eigenvalue weighted by atomic mass is 79.9. The molecule has 112 valence electrons. The van der Waals surface area contributed by atoms with Gasteiger partial charge in [0.15, 0.2) is 11.5 Å². The Bertz CT molecular complexity index is 442.